The number of amides is 2. The summed E-state index contributed by atoms with van der Waals surface area (Å²) in [5.41, 5.74) is 5.60. The quantitative estimate of drug-likeness (QED) is 0.725. The first-order chi connectivity index (χ1) is 7.70. The first kappa shape index (κ1) is 14.3. The van der Waals surface area contributed by atoms with Crippen LogP contribution in [0.2, 0.25) is 0 Å². The van der Waals surface area contributed by atoms with Crippen LogP contribution in [0.1, 0.15) is 25.7 Å². The number of nitrogens with zero attached hydrogens (tertiary/aromatic N) is 1. The Morgan fingerprint density at radius 3 is 2.71 bits per heavy atom. The van der Waals surface area contributed by atoms with E-state index in [1.807, 2.05) is 0 Å². The number of rotatable bonds is 5. The Labute approximate surface area is 108 Å². The van der Waals surface area contributed by atoms with Crippen molar-refractivity contribution in [3.8, 4) is 0 Å². The zero-order valence-electron chi connectivity index (χ0n) is 9.85. The van der Waals surface area contributed by atoms with E-state index in [9.17, 15) is 9.59 Å². The van der Waals surface area contributed by atoms with Gasteiger partial charge >= 0.3 is 0 Å². The average molecular weight is 262 g/mol. The minimum absolute atomic E-state index is 0. The highest BCUT2D eigenvalue weighted by molar-refractivity contribution is 5.86. The number of nitrogens with two attached hydrogens (primary N) is 1. The third-order valence-corrected chi connectivity index (χ3v) is 3.30. The van der Waals surface area contributed by atoms with E-state index < -0.39 is 0 Å². The molecule has 17 heavy (non-hydrogen) atoms. The number of carbonyl (C=O) groups excluding carboxylic acids is 2. The molecule has 2 rings (SSSR count). The lowest BCUT2D eigenvalue weighted by atomic mass is 10.2. The van der Waals surface area contributed by atoms with Gasteiger partial charge < -0.3 is 16.0 Å². The molecular formula is C11H20ClN3O2. The summed E-state index contributed by atoms with van der Waals surface area (Å²) < 4.78 is 0. The fourth-order valence-corrected chi connectivity index (χ4v) is 2.16. The Morgan fingerprint density at radius 1 is 1.53 bits per heavy atom. The zero-order valence-corrected chi connectivity index (χ0v) is 10.7. The molecule has 98 valence electrons. The van der Waals surface area contributed by atoms with Crippen LogP contribution in [-0.2, 0) is 9.59 Å². The van der Waals surface area contributed by atoms with Crippen LogP contribution in [0.25, 0.3) is 0 Å². The molecule has 1 unspecified atom stereocenters. The highest BCUT2D eigenvalue weighted by Crippen LogP contribution is 2.32. The summed E-state index contributed by atoms with van der Waals surface area (Å²) in [6, 6.07) is 0.102. The van der Waals surface area contributed by atoms with Gasteiger partial charge in [0.05, 0.1) is 6.54 Å². The van der Waals surface area contributed by atoms with Crippen molar-refractivity contribution in [3.63, 3.8) is 0 Å². The minimum Gasteiger partial charge on any atom is -0.350 e. The summed E-state index contributed by atoms with van der Waals surface area (Å²) >= 11 is 0. The molecule has 0 bridgehead atoms. The Hall–Kier alpha value is -0.810. The van der Waals surface area contributed by atoms with E-state index in [0.717, 1.165) is 19.3 Å². The maximum Gasteiger partial charge on any atom is 0.239 e. The smallest absolute Gasteiger partial charge is 0.239 e. The molecule has 1 saturated heterocycles. The predicted molar refractivity (Wildman–Crippen MR) is 66.8 cm³/mol. The van der Waals surface area contributed by atoms with Crippen LogP contribution in [0.3, 0.4) is 0 Å². The fourth-order valence-electron chi connectivity index (χ4n) is 2.16. The van der Waals surface area contributed by atoms with Crippen molar-refractivity contribution in [3.05, 3.63) is 0 Å². The second kappa shape index (κ2) is 6.21. The number of nitrogens with one attached hydrogen (secondary N) is 1. The number of hydrogen-bond acceptors (Lipinski definition) is 3. The monoisotopic (exact) mass is 261 g/mol. The summed E-state index contributed by atoms with van der Waals surface area (Å²) in [5.74, 6) is 0.576. The summed E-state index contributed by atoms with van der Waals surface area (Å²) in [5, 5.41) is 2.92. The van der Waals surface area contributed by atoms with Crippen molar-refractivity contribution >= 4 is 24.2 Å². The molecule has 0 aromatic carbocycles. The Morgan fingerprint density at radius 2 is 2.24 bits per heavy atom. The van der Waals surface area contributed by atoms with E-state index in [0.29, 0.717) is 25.4 Å². The SMILES string of the molecule is Cl.NCC(NC(=O)CN1CCCC1=O)C1CC1. The molecule has 1 atom stereocenters. The Bertz CT molecular complexity index is 294. The van der Waals surface area contributed by atoms with E-state index in [-0.39, 0.29) is 36.8 Å². The first-order valence-electron chi connectivity index (χ1n) is 5.98. The molecule has 3 N–H and O–H groups in total. The normalized spacial score (nSPS) is 21.0. The highest BCUT2D eigenvalue weighted by atomic mass is 35.5. The van der Waals surface area contributed by atoms with E-state index in [4.69, 9.17) is 5.73 Å². The fraction of sp³-hybridized carbons (Fsp3) is 0.818. The van der Waals surface area contributed by atoms with Crippen molar-refractivity contribution < 1.29 is 9.59 Å². The van der Waals surface area contributed by atoms with Crippen LogP contribution >= 0.6 is 12.4 Å². The predicted octanol–water partition coefficient (Wildman–Crippen LogP) is -0.116. The molecule has 1 heterocycles. The molecule has 1 aliphatic heterocycles. The van der Waals surface area contributed by atoms with Gasteiger partial charge in [0.25, 0.3) is 0 Å². The molecule has 2 fully saturated rings. The van der Waals surface area contributed by atoms with Gasteiger partial charge in [0.15, 0.2) is 0 Å². The lowest BCUT2D eigenvalue weighted by Crippen LogP contribution is -2.46. The molecule has 0 aromatic rings. The lowest BCUT2D eigenvalue weighted by molar-refractivity contribution is -0.133. The van der Waals surface area contributed by atoms with Gasteiger partial charge in [-0.3, -0.25) is 9.59 Å². The van der Waals surface area contributed by atoms with Gasteiger partial charge in [-0.05, 0) is 25.2 Å². The molecule has 1 aliphatic carbocycles. The van der Waals surface area contributed by atoms with E-state index in [2.05, 4.69) is 5.32 Å². The maximum absolute atomic E-state index is 11.7. The second-order valence-corrected chi connectivity index (χ2v) is 4.67. The molecule has 1 saturated carbocycles. The Balaban J connectivity index is 0.00000144. The highest BCUT2D eigenvalue weighted by Gasteiger charge is 2.32. The van der Waals surface area contributed by atoms with Gasteiger partial charge in [-0.15, -0.1) is 12.4 Å². The van der Waals surface area contributed by atoms with Crippen LogP contribution in [0, 0.1) is 5.92 Å². The van der Waals surface area contributed by atoms with Crippen molar-refractivity contribution in [2.45, 2.75) is 31.7 Å². The molecular weight excluding hydrogens is 242 g/mol. The largest absolute Gasteiger partial charge is 0.350 e. The van der Waals surface area contributed by atoms with Crippen LogP contribution in [-0.4, -0.2) is 42.4 Å². The molecule has 0 aromatic heterocycles. The second-order valence-electron chi connectivity index (χ2n) is 4.67. The number of likely N-dealkylation sites (tertiary alicyclic amines) is 1. The van der Waals surface area contributed by atoms with Gasteiger partial charge in [0.1, 0.15) is 0 Å². The van der Waals surface area contributed by atoms with Crippen LogP contribution in [0.5, 0.6) is 0 Å². The zero-order chi connectivity index (χ0) is 11.5. The molecule has 2 aliphatic rings. The van der Waals surface area contributed by atoms with E-state index >= 15 is 0 Å². The van der Waals surface area contributed by atoms with E-state index in [1.165, 1.54) is 0 Å². The lowest BCUT2D eigenvalue weighted by Gasteiger charge is -2.19. The van der Waals surface area contributed by atoms with Gasteiger partial charge in [0, 0.05) is 25.6 Å². The summed E-state index contributed by atoms with van der Waals surface area (Å²) in [6.07, 6.45) is 3.76. The van der Waals surface area contributed by atoms with Gasteiger partial charge in [-0.1, -0.05) is 0 Å². The third-order valence-electron chi connectivity index (χ3n) is 3.30. The number of hydrogen-bond donors (Lipinski definition) is 2. The minimum atomic E-state index is -0.0717. The van der Waals surface area contributed by atoms with Crippen molar-refractivity contribution in [1.29, 1.82) is 0 Å². The summed E-state index contributed by atoms with van der Waals surface area (Å²) in [6.45, 7) is 1.40. The van der Waals surface area contributed by atoms with Crippen molar-refractivity contribution in [2.24, 2.45) is 11.7 Å². The standard InChI is InChI=1S/C11H19N3O2.ClH/c12-6-9(8-3-4-8)13-10(15)7-14-5-1-2-11(14)16;/h8-9H,1-7,12H2,(H,13,15);1H. The van der Waals surface area contributed by atoms with Crippen molar-refractivity contribution in [1.82, 2.24) is 10.2 Å². The van der Waals surface area contributed by atoms with Crippen LogP contribution in [0.4, 0.5) is 0 Å². The molecule has 5 nitrogen and oxygen atoms in total. The van der Waals surface area contributed by atoms with Gasteiger partial charge in [0.2, 0.25) is 11.8 Å². The van der Waals surface area contributed by atoms with Crippen LogP contribution < -0.4 is 11.1 Å². The molecule has 6 heteroatoms. The molecule has 0 spiro atoms. The maximum atomic E-state index is 11.7. The van der Waals surface area contributed by atoms with Crippen molar-refractivity contribution in [2.75, 3.05) is 19.6 Å². The molecule has 0 radical (unpaired) electrons. The Kier molecular flexibility index (Phi) is 5.21. The summed E-state index contributed by atoms with van der Waals surface area (Å²) in [7, 11) is 0. The van der Waals surface area contributed by atoms with Gasteiger partial charge in [-0.25, -0.2) is 0 Å². The third kappa shape index (κ3) is 3.85. The summed E-state index contributed by atoms with van der Waals surface area (Å²) in [4.78, 5) is 24.6. The number of halogens is 1. The van der Waals surface area contributed by atoms with E-state index in [1.54, 1.807) is 4.90 Å². The number of carbonyl (C=O) groups is 2. The average Bonchev–Trinajstić information content (AvgIpc) is 3.02. The van der Waals surface area contributed by atoms with Gasteiger partial charge in [-0.2, -0.15) is 0 Å². The molecule has 2 amide bonds. The van der Waals surface area contributed by atoms with Crippen LogP contribution in [0.15, 0.2) is 0 Å². The first-order valence-corrected chi connectivity index (χ1v) is 5.98. The topological polar surface area (TPSA) is 75.4 Å².